The lowest BCUT2D eigenvalue weighted by Gasteiger charge is -2.11. The van der Waals surface area contributed by atoms with Crippen molar-refractivity contribution in [3.63, 3.8) is 0 Å². The third-order valence-corrected chi connectivity index (χ3v) is 2.76. The number of nitrogens with zero attached hydrogens (tertiary/aromatic N) is 1. The van der Waals surface area contributed by atoms with Gasteiger partial charge >= 0.3 is 0 Å². The van der Waals surface area contributed by atoms with Crippen LogP contribution in [0.1, 0.15) is 52.4 Å². The van der Waals surface area contributed by atoms with Crippen LogP contribution < -0.4 is 16.0 Å². The molecule has 0 saturated heterocycles. The molecule has 0 rings (SSSR count). The Labute approximate surface area is 117 Å². The summed E-state index contributed by atoms with van der Waals surface area (Å²) in [6.07, 6.45) is 6.40. The largest absolute Gasteiger partial charge is 0.356 e. The van der Waals surface area contributed by atoms with Gasteiger partial charge in [-0.3, -0.25) is 9.79 Å². The van der Waals surface area contributed by atoms with Gasteiger partial charge in [0, 0.05) is 33.1 Å². The van der Waals surface area contributed by atoms with Gasteiger partial charge in [0.15, 0.2) is 5.96 Å². The number of hydrogen-bond acceptors (Lipinski definition) is 2. The number of carbonyl (C=O) groups is 1. The topological polar surface area (TPSA) is 65.5 Å². The zero-order valence-electron chi connectivity index (χ0n) is 12.7. The van der Waals surface area contributed by atoms with Crippen molar-refractivity contribution in [2.24, 2.45) is 4.99 Å². The van der Waals surface area contributed by atoms with E-state index in [0.717, 1.165) is 31.9 Å². The lowest BCUT2D eigenvalue weighted by molar-refractivity contribution is -0.120. The first-order valence-electron chi connectivity index (χ1n) is 7.45. The summed E-state index contributed by atoms with van der Waals surface area (Å²) in [5.74, 6) is 0.868. The van der Waals surface area contributed by atoms with Crippen molar-refractivity contribution in [3.05, 3.63) is 0 Å². The number of amides is 1. The normalized spacial score (nSPS) is 11.2. The minimum atomic E-state index is 0.0905. The molecule has 0 bridgehead atoms. The van der Waals surface area contributed by atoms with Gasteiger partial charge in [-0.05, 0) is 12.8 Å². The fourth-order valence-electron chi connectivity index (χ4n) is 1.63. The number of guanidine groups is 1. The fraction of sp³-hybridized carbons (Fsp3) is 0.857. The van der Waals surface area contributed by atoms with E-state index >= 15 is 0 Å². The molecule has 0 aliphatic carbocycles. The van der Waals surface area contributed by atoms with E-state index in [-0.39, 0.29) is 5.91 Å². The third-order valence-electron chi connectivity index (χ3n) is 2.76. The Morgan fingerprint density at radius 1 is 0.895 bits per heavy atom. The predicted molar refractivity (Wildman–Crippen MR) is 81.4 cm³/mol. The van der Waals surface area contributed by atoms with Crippen LogP contribution >= 0.6 is 0 Å². The predicted octanol–water partition coefficient (Wildman–Crippen LogP) is 1.65. The number of hydrogen-bond donors (Lipinski definition) is 3. The van der Waals surface area contributed by atoms with E-state index in [1.54, 1.807) is 7.05 Å². The summed E-state index contributed by atoms with van der Waals surface area (Å²) in [7, 11) is 1.75. The standard InChI is InChI=1S/C14H30N4O/c1-4-6-7-8-11-17-14(15-3)18-12-9-13(19)16-10-5-2/h4-12H2,1-3H3,(H,16,19)(H2,15,17,18). The van der Waals surface area contributed by atoms with Gasteiger partial charge in [0.1, 0.15) is 0 Å². The summed E-state index contributed by atoms with van der Waals surface area (Å²) in [5.41, 5.74) is 0. The number of rotatable bonds is 10. The van der Waals surface area contributed by atoms with E-state index in [2.05, 4.69) is 27.9 Å². The highest BCUT2D eigenvalue weighted by Gasteiger charge is 2.01. The quantitative estimate of drug-likeness (QED) is 0.321. The molecule has 0 atom stereocenters. The SMILES string of the molecule is CCCCCCNC(=NC)NCCC(=O)NCCC. The van der Waals surface area contributed by atoms with Gasteiger partial charge in [-0.15, -0.1) is 0 Å². The number of unbranched alkanes of at least 4 members (excludes halogenated alkanes) is 3. The van der Waals surface area contributed by atoms with Crippen molar-refractivity contribution in [3.8, 4) is 0 Å². The van der Waals surface area contributed by atoms with Gasteiger partial charge in [0.25, 0.3) is 0 Å². The average Bonchev–Trinajstić information content (AvgIpc) is 2.42. The zero-order chi connectivity index (χ0) is 14.3. The smallest absolute Gasteiger partial charge is 0.221 e. The van der Waals surface area contributed by atoms with Gasteiger partial charge in [-0.1, -0.05) is 33.1 Å². The molecule has 0 spiro atoms. The van der Waals surface area contributed by atoms with E-state index in [1.807, 2.05) is 6.92 Å². The van der Waals surface area contributed by atoms with Crippen LogP contribution in [-0.4, -0.2) is 38.5 Å². The molecule has 0 heterocycles. The van der Waals surface area contributed by atoms with Gasteiger partial charge in [0.2, 0.25) is 5.91 Å². The molecule has 112 valence electrons. The first kappa shape index (κ1) is 17.7. The second-order valence-corrected chi connectivity index (χ2v) is 4.59. The Hall–Kier alpha value is -1.26. The molecule has 0 fully saturated rings. The summed E-state index contributed by atoms with van der Waals surface area (Å²) in [5, 5.41) is 9.25. The number of carbonyl (C=O) groups excluding carboxylic acids is 1. The first-order chi connectivity index (χ1) is 9.24. The van der Waals surface area contributed by atoms with Gasteiger partial charge in [-0.2, -0.15) is 0 Å². The Morgan fingerprint density at radius 2 is 1.63 bits per heavy atom. The van der Waals surface area contributed by atoms with Crippen molar-refractivity contribution in [2.45, 2.75) is 52.4 Å². The van der Waals surface area contributed by atoms with Crippen LogP contribution in [0.25, 0.3) is 0 Å². The van der Waals surface area contributed by atoms with Crippen LogP contribution in [0.2, 0.25) is 0 Å². The molecule has 5 heteroatoms. The van der Waals surface area contributed by atoms with E-state index in [4.69, 9.17) is 0 Å². The second-order valence-electron chi connectivity index (χ2n) is 4.59. The maximum absolute atomic E-state index is 11.4. The molecule has 0 aliphatic rings. The molecular formula is C14H30N4O. The van der Waals surface area contributed by atoms with Crippen LogP contribution in [0.15, 0.2) is 4.99 Å². The maximum Gasteiger partial charge on any atom is 0.221 e. The van der Waals surface area contributed by atoms with E-state index in [0.29, 0.717) is 13.0 Å². The minimum absolute atomic E-state index is 0.0905. The van der Waals surface area contributed by atoms with E-state index in [1.165, 1.54) is 19.3 Å². The minimum Gasteiger partial charge on any atom is -0.356 e. The first-order valence-corrected chi connectivity index (χ1v) is 7.45. The monoisotopic (exact) mass is 270 g/mol. The molecule has 0 radical (unpaired) electrons. The van der Waals surface area contributed by atoms with Crippen molar-refractivity contribution in [2.75, 3.05) is 26.7 Å². The highest BCUT2D eigenvalue weighted by atomic mass is 16.1. The van der Waals surface area contributed by atoms with Crippen LogP contribution in [-0.2, 0) is 4.79 Å². The molecule has 0 saturated carbocycles. The molecule has 0 aliphatic heterocycles. The average molecular weight is 270 g/mol. The summed E-state index contributed by atoms with van der Waals surface area (Å²) >= 11 is 0. The van der Waals surface area contributed by atoms with Crippen LogP contribution in [0.3, 0.4) is 0 Å². The molecule has 0 aromatic rings. The Morgan fingerprint density at radius 3 is 2.26 bits per heavy atom. The van der Waals surface area contributed by atoms with Crippen LogP contribution in [0.4, 0.5) is 0 Å². The highest BCUT2D eigenvalue weighted by Crippen LogP contribution is 1.96. The van der Waals surface area contributed by atoms with Crippen molar-refractivity contribution >= 4 is 11.9 Å². The van der Waals surface area contributed by atoms with Gasteiger partial charge in [-0.25, -0.2) is 0 Å². The summed E-state index contributed by atoms with van der Waals surface area (Å²) < 4.78 is 0. The Balaban J connectivity index is 3.57. The zero-order valence-corrected chi connectivity index (χ0v) is 12.7. The summed E-state index contributed by atoms with van der Waals surface area (Å²) in [4.78, 5) is 15.5. The van der Waals surface area contributed by atoms with Crippen molar-refractivity contribution < 1.29 is 4.79 Å². The van der Waals surface area contributed by atoms with Crippen LogP contribution in [0, 0.1) is 0 Å². The Kier molecular flexibility index (Phi) is 12.3. The number of aliphatic imine (C=N–C) groups is 1. The Bertz CT molecular complexity index is 254. The lowest BCUT2D eigenvalue weighted by Crippen LogP contribution is -2.39. The van der Waals surface area contributed by atoms with Crippen LogP contribution in [0.5, 0.6) is 0 Å². The molecule has 0 unspecified atom stereocenters. The van der Waals surface area contributed by atoms with E-state index < -0.39 is 0 Å². The van der Waals surface area contributed by atoms with Crippen molar-refractivity contribution in [1.29, 1.82) is 0 Å². The third kappa shape index (κ3) is 11.6. The highest BCUT2D eigenvalue weighted by molar-refractivity contribution is 5.81. The van der Waals surface area contributed by atoms with Crippen molar-refractivity contribution in [1.82, 2.24) is 16.0 Å². The molecule has 19 heavy (non-hydrogen) atoms. The molecule has 3 N–H and O–H groups in total. The summed E-state index contributed by atoms with van der Waals surface area (Å²) in [6.45, 7) is 6.55. The van der Waals surface area contributed by atoms with Gasteiger partial charge < -0.3 is 16.0 Å². The van der Waals surface area contributed by atoms with Gasteiger partial charge in [0.05, 0.1) is 0 Å². The lowest BCUT2D eigenvalue weighted by atomic mass is 10.2. The number of nitrogens with one attached hydrogen (secondary N) is 3. The summed E-state index contributed by atoms with van der Waals surface area (Å²) in [6, 6.07) is 0. The maximum atomic E-state index is 11.4. The fourth-order valence-corrected chi connectivity index (χ4v) is 1.63. The van der Waals surface area contributed by atoms with E-state index in [9.17, 15) is 4.79 Å². The molecule has 0 aromatic heterocycles. The molecule has 0 aromatic carbocycles. The molecule has 5 nitrogen and oxygen atoms in total. The molecular weight excluding hydrogens is 240 g/mol. The second kappa shape index (κ2) is 13.2. The molecule has 1 amide bonds.